The first-order valence-corrected chi connectivity index (χ1v) is 12.1. The van der Waals surface area contributed by atoms with Gasteiger partial charge in [-0.1, -0.05) is 13.8 Å². The molecule has 0 saturated carbocycles. The highest BCUT2D eigenvalue weighted by Crippen LogP contribution is 2.34. The standard InChI is InChI=1S/C27H30N4O5/c1-15(2)21-14-34-11-10-30(21)27(33)20-13-31-25(16(20)3)22(8-9-29-31)36-18-6-7-19-23(12-18)35-17(4)24(19)26(32)28-5/h6-9,12-13,15,21H,10-11,14H2,1-5H3,(H,28,32)/t21-/m1/s1. The number of fused-ring (bicyclic) bond motifs is 2. The average Bonchev–Trinajstić information content (AvgIpc) is 3.39. The summed E-state index contributed by atoms with van der Waals surface area (Å²) in [4.78, 5) is 27.7. The van der Waals surface area contributed by atoms with Crippen LogP contribution in [0.5, 0.6) is 11.5 Å². The number of hydrogen-bond acceptors (Lipinski definition) is 6. The number of hydrogen-bond donors (Lipinski definition) is 1. The number of morpholine rings is 1. The fourth-order valence-corrected chi connectivity index (χ4v) is 4.90. The highest BCUT2D eigenvalue weighted by molar-refractivity contribution is 6.07. The number of furan rings is 1. The van der Waals surface area contributed by atoms with E-state index >= 15 is 0 Å². The zero-order valence-electron chi connectivity index (χ0n) is 21.1. The molecule has 1 aliphatic rings. The van der Waals surface area contributed by atoms with Crippen LogP contribution in [0.15, 0.2) is 41.1 Å². The highest BCUT2D eigenvalue weighted by Gasteiger charge is 2.32. The quantitative estimate of drug-likeness (QED) is 0.447. The third-order valence-corrected chi connectivity index (χ3v) is 6.84. The first-order valence-electron chi connectivity index (χ1n) is 12.1. The van der Waals surface area contributed by atoms with Crippen LogP contribution in [0, 0.1) is 19.8 Å². The van der Waals surface area contributed by atoms with Gasteiger partial charge in [0.05, 0.1) is 36.6 Å². The number of amides is 2. The van der Waals surface area contributed by atoms with Gasteiger partial charge in [0.2, 0.25) is 0 Å². The van der Waals surface area contributed by atoms with Crippen molar-refractivity contribution < 1.29 is 23.5 Å². The monoisotopic (exact) mass is 490 g/mol. The lowest BCUT2D eigenvalue weighted by atomic mass is 10.0. The van der Waals surface area contributed by atoms with E-state index in [0.717, 1.165) is 16.5 Å². The average molecular weight is 491 g/mol. The Balaban J connectivity index is 1.50. The molecule has 1 aliphatic heterocycles. The summed E-state index contributed by atoms with van der Waals surface area (Å²) in [6.45, 7) is 9.51. The zero-order chi connectivity index (χ0) is 25.6. The van der Waals surface area contributed by atoms with Gasteiger partial charge < -0.3 is 24.1 Å². The van der Waals surface area contributed by atoms with Gasteiger partial charge in [-0.15, -0.1) is 0 Å². The van der Waals surface area contributed by atoms with Gasteiger partial charge >= 0.3 is 0 Å². The lowest BCUT2D eigenvalue weighted by molar-refractivity contribution is -0.0155. The number of nitrogens with zero attached hydrogens (tertiary/aromatic N) is 3. The number of ether oxygens (including phenoxy) is 2. The predicted molar refractivity (Wildman–Crippen MR) is 135 cm³/mol. The molecular weight excluding hydrogens is 460 g/mol. The number of rotatable bonds is 5. The Morgan fingerprint density at radius 2 is 2.03 bits per heavy atom. The van der Waals surface area contributed by atoms with E-state index in [1.807, 2.05) is 17.9 Å². The number of benzene rings is 1. The van der Waals surface area contributed by atoms with Gasteiger partial charge in [0, 0.05) is 37.3 Å². The normalized spacial score (nSPS) is 16.2. The Morgan fingerprint density at radius 1 is 1.22 bits per heavy atom. The molecule has 4 aromatic rings. The van der Waals surface area contributed by atoms with Crippen LogP contribution >= 0.6 is 0 Å². The maximum Gasteiger partial charge on any atom is 0.256 e. The lowest BCUT2D eigenvalue weighted by Crippen LogP contribution is -2.51. The topological polar surface area (TPSA) is 98.3 Å². The van der Waals surface area contributed by atoms with Crippen molar-refractivity contribution in [3.05, 3.63) is 59.1 Å². The molecule has 188 valence electrons. The second-order valence-corrected chi connectivity index (χ2v) is 9.41. The zero-order valence-corrected chi connectivity index (χ0v) is 21.1. The minimum absolute atomic E-state index is 0.0276. The molecule has 0 spiro atoms. The molecule has 36 heavy (non-hydrogen) atoms. The summed E-state index contributed by atoms with van der Waals surface area (Å²) in [5, 5.41) is 7.78. The second-order valence-electron chi connectivity index (χ2n) is 9.41. The molecule has 4 heterocycles. The van der Waals surface area contributed by atoms with Crippen LogP contribution < -0.4 is 10.1 Å². The van der Waals surface area contributed by atoms with E-state index in [1.165, 1.54) is 0 Å². The largest absolute Gasteiger partial charge is 0.460 e. The molecule has 5 rings (SSSR count). The van der Waals surface area contributed by atoms with E-state index in [1.54, 1.807) is 49.1 Å². The molecular formula is C27H30N4O5. The molecule has 9 heteroatoms. The van der Waals surface area contributed by atoms with Crippen LogP contribution in [0.2, 0.25) is 0 Å². The summed E-state index contributed by atoms with van der Waals surface area (Å²) in [7, 11) is 1.59. The molecule has 2 amide bonds. The third-order valence-electron chi connectivity index (χ3n) is 6.84. The van der Waals surface area contributed by atoms with Crippen molar-refractivity contribution in [2.75, 3.05) is 26.8 Å². The first-order chi connectivity index (χ1) is 17.3. The van der Waals surface area contributed by atoms with Gasteiger partial charge in [-0.05, 0) is 37.5 Å². The minimum Gasteiger partial charge on any atom is -0.460 e. The van der Waals surface area contributed by atoms with Gasteiger partial charge in [-0.3, -0.25) is 9.59 Å². The van der Waals surface area contributed by atoms with Crippen LogP contribution in [0.3, 0.4) is 0 Å². The van der Waals surface area contributed by atoms with Gasteiger partial charge in [-0.25, -0.2) is 4.52 Å². The number of aromatic nitrogens is 2. The summed E-state index contributed by atoms with van der Waals surface area (Å²) in [6.07, 6.45) is 3.41. The van der Waals surface area contributed by atoms with Crippen molar-refractivity contribution in [2.24, 2.45) is 5.92 Å². The van der Waals surface area contributed by atoms with Gasteiger partial charge in [-0.2, -0.15) is 5.10 Å². The Morgan fingerprint density at radius 3 is 2.78 bits per heavy atom. The fraction of sp³-hybridized carbons (Fsp3) is 0.370. The van der Waals surface area contributed by atoms with Crippen LogP contribution in [-0.2, 0) is 4.74 Å². The van der Waals surface area contributed by atoms with Gasteiger partial charge in [0.1, 0.15) is 22.6 Å². The first kappa shape index (κ1) is 23.9. The molecule has 1 saturated heterocycles. The van der Waals surface area contributed by atoms with E-state index in [4.69, 9.17) is 13.9 Å². The summed E-state index contributed by atoms with van der Waals surface area (Å²) in [5.74, 6) is 1.72. The van der Waals surface area contributed by atoms with E-state index in [2.05, 4.69) is 24.3 Å². The lowest BCUT2D eigenvalue weighted by Gasteiger charge is -2.38. The molecule has 1 N–H and O–H groups in total. The van der Waals surface area contributed by atoms with Crippen molar-refractivity contribution in [1.29, 1.82) is 0 Å². The molecule has 0 bridgehead atoms. The number of carbonyl (C=O) groups is 2. The van der Waals surface area contributed by atoms with Crippen LogP contribution in [0.1, 0.15) is 45.9 Å². The minimum atomic E-state index is -0.197. The van der Waals surface area contributed by atoms with Crippen LogP contribution in [-0.4, -0.2) is 59.2 Å². The Hall–Kier alpha value is -3.85. The van der Waals surface area contributed by atoms with Gasteiger partial charge in [0.15, 0.2) is 5.75 Å². The molecule has 3 aromatic heterocycles. The Labute approximate surface area is 209 Å². The Kier molecular flexibility index (Phi) is 6.17. The Bertz CT molecular complexity index is 1470. The molecule has 1 aromatic carbocycles. The molecule has 1 atom stereocenters. The highest BCUT2D eigenvalue weighted by atomic mass is 16.5. The summed E-state index contributed by atoms with van der Waals surface area (Å²) >= 11 is 0. The predicted octanol–water partition coefficient (Wildman–Crippen LogP) is 4.35. The SMILES string of the molecule is CNC(=O)c1c(C)oc2cc(Oc3ccnn4cc(C(=O)N5CCOC[C@@H]5C(C)C)c(C)c34)ccc12. The van der Waals surface area contributed by atoms with E-state index in [9.17, 15) is 9.59 Å². The number of nitrogens with one attached hydrogen (secondary N) is 1. The van der Waals surface area contributed by atoms with Crippen LogP contribution in [0.4, 0.5) is 0 Å². The van der Waals surface area contributed by atoms with Crippen molar-refractivity contribution in [3.8, 4) is 11.5 Å². The second kappa shape index (κ2) is 9.31. The maximum atomic E-state index is 13.6. The summed E-state index contributed by atoms with van der Waals surface area (Å²) in [5.41, 5.74) is 3.19. The number of aryl methyl sites for hydroxylation is 2. The summed E-state index contributed by atoms with van der Waals surface area (Å²) in [6, 6.07) is 7.17. The smallest absolute Gasteiger partial charge is 0.256 e. The molecule has 0 unspecified atom stereocenters. The van der Waals surface area contributed by atoms with Crippen molar-refractivity contribution in [3.63, 3.8) is 0 Å². The molecule has 0 aliphatic carbocycles. The van der Waals surface area contributed by atoms with Crippen LogP contribution in [0.25, 0.3) is 16.5 Å². The number of carbonyl (C=O) groups excluding carboxylic acids is 2. The summed E-state index contributed by atoms with van der Waals surface area (Å²) < 4.78 is 19.4. The maximum absolute atomic E-state index is 13.6. The molecule has 1 fully saturated rings. The molecule has 9 nitrogen and oxygen atoms in total. The van der Waals surface area contributed by atoms with E-state index in [0.29, 0.717) is 53.7 Å². The molecule has 0 radical (unpaired) electrons. The van der Waals surface area contributed by atoms with E-state index < -0.39 is 0 Å². The van der Waals surface area contributed by atoms with Crippen molar-refractivity contribution in [1.82, 2.24) is 19.8 Å². The van der Waals surface area contributed by atoms with E-state index in [-0.39, 0.29) is 23.8 Å². The van der Waals surface area contributed by atoms with Gasteiger partial charge in [0.25, 0.3) is 11.8 Å². The third kappa shape index (κ3) is 3.99. The van der Waals surface area contributed by atoms with Crippen molar-refractivity contribution in [2.45, 2.75) is 33.7 Å². The van der Waals surface area contributed by atoms with Crippen molar-refractivity contribution >= 4 is 28.3 Å². The fourth-order valence-electron chi connectivity index (χ4n) is 4.90.